The van der Waals surface area contributed by atoms with Gasteiger partial charge in [-0.25, -0.2) is 4.98 Å². The molecular weight excluding hydrogens is 158 g/mol. The lowest BCUT2D eigenvalue weighted by Crippen LogP contribution is -2.14. The van der Waals surface area contributed by atoms with Gasteiger partial charge in [-0.05, 0) is 14.1 Å². The highest BCUT2D eigenvalue weighted by Gasteiger charge is 1.95. The normalized spacial score (nSPS) is 10.8. The quantitative estimate of drug-likeness (QED) is 0.687. The third kappa shape index (κ3) is 3.43. The van der Waals surface area contributed by atoms with Gasteiger partial charge in [0.2, 0.25) is 0 Å². The summed E-state index contributed by atoms with van der Waals surface area (Å²) in [5.41, 5.74) is 0. The van der Waals surface area contributed by atoms with Gasteiger partial charge in [0, 0.05) is 24.7 Å². The molecular formula is C7H13N3S. The molecule has 0 spiro atoms. The van der Waals surface area contributed by atoms with Gasteiger partial charge in [0.05, 0.1) is 0 Å². The molecule has 0 bridgehead atoms. The Bertz CT molecular complexity index is 184. The Labute approximate surface area is 71.2 Å². The molecule has 62 valence electrons. The van der Waals surface area contributed by atoms with Crippen molar-refractivity contribution in [3.63, 3.8) is 0 Å². The summed E-state index contributed by atoms with van der Waals surface area (Å²) in [6.45, 7) is 1.09. The van der Waals surface area contributed by atoms with Crippen LogP contribution in [0.2, 0.25) is 0 Å². The lowest BCUT2D eigenvalue weighted by atomic mass is 10.7. The number of thioether (sulfide) groups is 1. The van der Waals surface area contributed by atoms with Crippen LogP contribution in [0.1, 0.15) is 0 Å². The van der Waals surface area contributed by atoms with Gasteiger partial charge in [-0.3, -0.25) is 0 Å². The molecule has 1 N–H and O–H groups in total. The zero-order chi connectivity index (χ0) is 8.10. The predicted molar refractivity (Wildman–Crippen MR) is 47.9 cm³/mol. The zero-order valence-corrected chi connectivity index (χ0v) is 7.69. The maximum Gasteiger partial charge on any atom is 0.165 e. The van der Waals surface area contributed by atoms with E-state index in [0.717, 1.165) is 17.5 Å². The molecule has 0 saturated heterocycles. The molecule has 0 fully saturated rings. The maximum absolute atomic E-state index is 4.10. The van der Waals surface area contributed by atoms with Crippen LogP contribution in [-0.4, -0.2) is 41.3 Å². The SMILES string of the molecule is CN(C)CCSc1ncc[nH]1. The average molecular weight is 171 g/mol. The van der Waals surface area contributed by atoms with E-state index in [1.807, 2.05) is 6.20 Å². The molecule has 11 heavy (non-hydrogen) atoms. The van der Waals surface area contributed by atoms with Crippen LogP contribution in [-0.2, 0) is 0 Å². The molecule has 1 rings (SSSR count). The fourth-order valence-electron chi connectivity index (χ4n) is 0.655. The Morgan fingerprint density at radius 2 is 2.45 bits per heavy atom. The highest BCUT2D eigenvalue weighted by atomic mass is 32.2. The van der Waals surface area contributed by atoms with Crippen LogP contribution in [0, 0.1) is 0 Å². The molecule has 1 aromatic rings. The van der Waals surface area contributed by atoms with Crippen molar-refractivity contribution < 1.29 is 0 Å². The summed E-state index contributed by atoms with van der Waals surface area (Å²) in [5, 5.41) is 1.01. The number of hydrogen-bond donors (Lipinski definition) is 1. The first-order valence-corrected chi connectivity index (χ1v) is 4.54. The van der Waals surface area contributed by atoms with Crippen LogP contribution < -0.4 is 0 Å². The van der Waals surface area contributed by atoms with Crippen LogP contribution in [0.15, 0.2) is 17.6 Å². The molecule has 0 aliphatic rings. The second kappa shape index (κ2) is 4.41. The summed E-state index contributed by atoms with van der Waals surface area (Å²) >= 11 is 1.75. The van der Waals surface area contributed by atoms with Gasteiger partial charge in [0.25, 0.3) is 0 Å². The summed E-state index contributed by atoms with van der Waals surface area (Å²) < 4.78 is 0. The first-order chi connectivity index (χ1) is 5.29. The third-order valence-corrected chi connectivity index (χ3v) is 2.13. The van der Waals surface area contributed by atoms with Crippen molar-refractivity contribution in [2.75, 3.05) is 26.4 Å². The van der Waals surface area contributed by atoms with Crippen molar-refractivity contribution >= 4 is 11.8 Å². The van der Waals surface area contributed by atoms with E-state index in [2.05, 4.69) is 29.0 Å². The maximum atomic E-state index is 4.10. The summed E-state index contributed by atoms with van der Waals surface area (Å²) in [4.78, 5) is 9.31. The zero-order valence-electron chi connectivity index (χ0n) is 6.87. The van der Waals surface area contributed by atoms with E-state index in [1.165, 1.54) is 0 Å². The molecule has 1 heterocycles. The van der Waals surface area contributed by atoms with Gasteiger partial charge in [-0.15, -0.1) is 0 Å². The number of H-pyrrole nitrogens is 1. The number of aromatic amines is 1. The monoisotopic (exact) mass is 171 g/mol. The van der Waals surface area contributed by atoms with Gasteiger partial charge >= 0.3 is 0 Å². The summed E-state index contributed by atoms with van der Waals surface area (Å²) in [7, 11) is 4.14. The predicted octanol–water partition coefficient (Wildman–Crippen LogP) is 1.06. The lowest BCUT2D eigenvalue weighted by Gasteiger charge is -2.06. The molecule has 0 amide bonds. The van der Waals surface area contributed by atoms with Gasteiger partial charge in [0.15, 0.2) is 5.16 Å². The van der Waals surface area contributed by atoms with E-state index >= 15 is 0 Å². The molecule has 0 atom stereocenters. The Hall–Kier alpha value is -0.480. The molecule has 0 aliphatic carbocycles. The van der Waals surface area contributed by atoms with Gasteiger partial charge in [-0.1, -0.05) is 11.8 Å². The van der Waals surface area contributed by atoms with Crippen LogP contribution in [0.25, 0.3) is 0 Å². The van der Waals surface area contributed by atoms with Crippen molar-refractivity contribution in [2.45, 2.75) is 5.16 Å². The second-order valence-electron chi connectivity index (χ2n) is 2.55. The van der Waals surface area contributed by atoms with E-state index in [4.69, 9.17) is 0 Å². The first kappa shape index (κ1) is 8.62. The van der Waals surface area contributed by atoms with Crippen LogP contribution >= 0.6 is 11.8 Å². The fraction of sp³-hybridized carbons (Fsp3) is 0.571. The number of hydrogen-bond acceptors (Lipinski definition) is 3. The lowest BCUT2D eigenvalue weighted by molar-refractivity contribution is 0.437. The minimum absolute atomic E-state index is 1.01. The van der Waals surface area contributed by atoms with Crippen LogP contribution in [0.3, 0.4) is 0 Å². The minimum atomic E-state index is 1.01. The number of rotatable bonds is 4. The number of nitrogens with zero attached hydrogens (tertiary/aromatic N) is 2. The van der Waals surface area contributed by atoms with Crippen LogP contribution in [0.4, 0.5) is 0 Å². The average Bonchev–Trinajstić information content (AvgIpc) is 2.39. The van der Waals surface area contributed by atoms with E-state index in [1.54, 1.807) is 18.0 Å². The highest BCUT2D eigenvalue weighted by Crippen LogP contribution is 2.10. The Morgan fingerprint density at radius 1 is 1.64 bits per heavy atom. The molecule has 0 aliphatic heterocycles. The highest BCUT2D eigenvalue weighted by molar-refractivity contribution is 7.99. The fourth-order valence-corrected chi connectivity index (χ4v) is 1.59. The molecule has 0 unspecified atom stereocenters. The Balaban J connectivity index is 2.14. The standard InChI is InChI=1S/C7H13N3S/c1-10(2)5-6-11-7-8-3-4-9-7/h3-4H,5-6H2,1-2H3,(H,8,9). The number of aromatic nitrogens is 2. The topological polar surface area (TPSA) is 31.9 Å². The van der Waals surface area contributed by atoms with E-state index in [0.29, 0.717) is 0 Å². The Morgan fingerprint density at radius 3 is 3.00 bits per heavy atom. The molecule has 4 heteroatoms. The first-order valence-electron chi connectivity index (χ1n) is 3.56. The summed E-state index contributed by atoms with van der Waals surface area (Å²) in [5.74, 6) is 1.08. The van der Waals surface area contributed by atoms with E-state index in [-0.39, 0.29) is 0 Å². The van der Waals surface area contributed by atoms with Gasteiger partial charge < -0.3 is 9.88 Å². The Kier molecular flexibility index (Phi) is 3.45. The minimum Gasteiger partial charge on any atom is -0.340 e. The molecule has 1 aromatic heterocycles. The van der Waals surface area contributed by atoms with Crippen molar-refractivity contribution in [3.05, 3.63) is 12.4 Å². The van der Waals surface area contributed by atoms with Crippen molar-refractivity contribution in [3.8, 4) is 0 Å². The smallest absolute Gasteiger partial charge is 0.165 e. The molecule has 0 aromatic carbocycles. The van der Waals surface area contributed by atoms with Crippen molar-refractivity contribution in [1.29, 1.82) is 0 Å². The summed E-state index contributed by atoms with van der Waals surface area (Å²) in [6.07, 6.45) is 3.62. The molecule has 3 nitrogen and oxygen atoms in total. The second-order valence-corrected chi connectivity index (χ2v) is 3.63. The van der Waals surface area contributed by atoms with Crippen molar-refractivity contribution in [2.24, 2.45) is 0 Å². The third-order valence-electron chi connectivity index (χ3n) is 1.25. The van der Waals surface area contributed by atoms with Gasteiger partial charge in [-0.2, -0.15) is 0 Å². The van der Waals surface area contributed by atoms with Crippen LogP contribution in [0.5, 0.6) is 0 Å². The number of imidazole rings is 1. The number of nitrogens with one attached hydrogen (secondary N) is 1. The molecule has 0 saturated carbocycles. The van der Waals surface area contributed by atoms with Crippen molar-refractivity contribution in [1.82, 2.24) is 14.9 Å². The van der Waals surface area contributed by atoms with E-state index in [9.17, 15) is 0 Å². The summed E-state index contributed by atoms with van der Waals surface area (Å²) in [6, 6.07) is 0. The van der Waals surface area contributed by atoms with Gasteiger partial charge in [0.1, 0.15) is 0 Å². The van der Waals surface area contributed by atoms with E-state index < -0.39 is 0 Å². The largest absolute Gasteiger partial charge is 0.340 e. The molecule has 0 radical (unpaired) electrons.